The van der Waals surface area contributed by atoms with Gasteiger partial charge in [-0.15, -0.1) is 0 Å². The third-order valence-corrected chi connectivity index (χ3v) is 3.49. The minimum atomic E-state index is 0.120. The number of nitrogens with one attached hydrogen (secondary N) is 1. The molecule has 0 fully saturated rings. The Hall–Kier alpha value is -1.51. The predicted molar refractivity (Wildman–Crippen MR) is 78.5 cm³/mol. The van der Waals surface area contributed by atoms with Gasteiger partial charge < -0.3 is 10.1 Å². The molecule has 0 heterocycles. The van der Waals surface area contributed by atoms with E-state index in [2.05, 4.69) is 25.2 Å². The Morgan fingerprint density at radius 1 is 1.32 bits per heavy atom. The van der Waals surface area contributed by atoms with Crippen LogP contribution in [-0.2, 0) is 11.2 Å². The van der Waals surface area contributed by atoms with Crippen molar-refractivity contribution in [2.24, 2.45) is 5.92 Å². The van der Waals surface area contributed by atoms with Crippen LogP contribution in [0.5, 0.6) is 5.75 Å². The number of hydrogen-bond acceptors (Lipinski definition) is 2. The first-order valence-electron chi connectivity index (χ1n) is 6.87. The molecule has 0 aliphatic heterocycles. The number of methoxy groups -OCH3 is 1. The number of benzene rings is 1. The average Bonchev–Trinajstić information content (AvgIpc) is 2.36. The molecule has 1 N–H and O–H groups in total. The van der Waals surface area contributed by atoms with Crippen molar-refractivity contribution in [3.8, 4) is 5.75 Å². The number of rotatable bonds is 6. The molecule has 0 aliphatic carbocycles. The van der Waals surface area contributed by atoms with Gasteiger partial charge in [-0.25, -0.2) is 0 Å². The molecule has 0 unspecified atom stereocenters. The topological polar surface area (TPSA) is 38.3 Å². The maximum atomic E-state index is 11.8. The number of aryl methyl sites for hydroxylation is 2. The Bertz CT molecular complexity index is 427. The number of ether oxygens (including phenoxy) is 1. The van der Waals surface area contributed by atoms with Crippen LogP contribution in [0.25, 0.3) is 0 Å². The molecule has 3 nitrogen and oxygen atoms in total. The molecule has 0 radical (unpaired) electrons. The molecule has 1 amide bonds. The fraction of sp³-hybridized carbons (Fsp3) is 0.562. The van der Waals surface area contributed by atoms with Gasteiger partial charge in [0.05, 0.1) is 7.11 Å². The molecule has 1 atom stereocenters. The van der Waals surface area contributed by atoms with Crippen LogP contribution >= 0.6 is 0 Å². The van der Waals surface area contributed by atoms with Crippen molar-refractivity contribution in [1.29, 1.82) is 0 Å². The Labute approximate surface area is 116 Å². The highest BCUT2D eigenvalue weighted by Crippen LogP contribution is 2.19. The third kappa shape index (κ3) is 4.93. The lowest BCUT2D eigenvalue weighted by Gasteiger charge is -2.17. The van der Waals surface area contributed by atoms with Gasteiger partial charge in [-0.3, -0.25) is 4.79 Å². The first-order valence-corrected chi connectivity index (χ1v) is 6.87. The SMILES string of the molecule is COc1ccc(CCC(=O)N[C@@H](C)C(C)C)cc1C. The summed E-state index contributed by atoms with van der Waals surface area (Å²) in [6.07, 6.45) is 1.30. The molecule has 0 aromatic heterocycles. The minimum Gasteiger partial charge on any atom is -0.496 e. The van der Waals surface area contributed by atoms with Gasteiger partial charge in [0.1, 0.15) is 5.75 Å². The maximum absolute atomic E-state index is 11.8. The van der Waals surface area contributed by atoms with E-state index in [4.69, 9.17) is 4.74 Å². The van der Waals surface area contributed by atoms with Crippen LogP contribution in [0.15, 0.2) is 18.2 Å². The normalized spacial score (nSPS) is 12.3. The first kappa shape index (κ1) is 15.5. The van der Waals surface area contributed by atoms with Crippen molar-refractivity contribution in [2.45, 2.75) is 46.6 Å². The zero-order valence-corrected chi connectivity index (χ0v) is 12.6. The summed E-state index contributed by atoms with van der Waals surface area (Å²) in [7, 11) is 1.67. The Kier molecular flexibility index (Phi) is 5.87. The quantitative estimate of drug-likeness (QED) is 0.856. The largest absolute Gasteiger partial charge is 0.496 e. The lowest BCUT2D eigenvalue weighted by Crippen LogP contribution is -2.36. The Balaban J connectivity index is 2.48. The van der Waals surface area contributed by atoms with Gasteiger partial charge in [-0.05, 0) is 43.4 Å². The van der Waals surface area contributed by atoms with E-state index < -0.39 is 0 Å². The van der Waals surface area contributed by atoms with E-state index in [1.165, 1.54) is 5.56 Å². The second kappa shape index (κ2) is 7.17. The van der Waals surface area contributed by atoms with E-state index in [0.717, 1.165) is 17.7 Å². The number of carbonyl (C=O) groups excluding carboxylic acids is 1. The molecule has 19 heavy (non-hydrogen) atoms. The van der Waals surface area contributed by atoms with E-state index in [1.807, 2.05) is 26.0 Å². The molecular weight excluding hydrogens is 238 g/mol. The first-order chi connectivity index (χ1) is 8.93. The number of carbonyl (C=O) groups is 1. The van der Waals surface area contributed by atoms with Crippen LogP contribution in [0, 0.1) is 12.8 Å². The minimum absolute atomic E-state index is 0.120. The van der Waals surface area contributed by atoms with Gasteiger partial charge in [-0.2, -0.15) is 0 Å². The van der Waals surface area contributed by atoms with E-state index >= 15 is 0 Å². The third-order valence-electron chi connectivity index (χ3n) is 3.49. The highest BCUT2D eigenvalue weighted by Gasteiger charge is 2.10. The van der Waals surface area contributed by atoms with Gasteiger partial charge in [0.25, 0.3) is 0 Å². The van der Waals surface area contributed by atoms with Gasteiger partial charge >= 0.3 is 0 Å². The zero-order valence-electron chi connectivity index (χ0n) is 12.6. The lowest BCUT2D eigenvalue weighted by atomic mass is 10.0. The average molecular weight is 263 g/mol. The van der Waals surface area contributed by atoms with Gasteiger partial charge in [0.2, 0.25) is 5.91 Å². The van der Waals surface area contributed by atoms with Crippen molar-refractivity contribution < 1.29 is 9.53 Å². The molecule has 0 saturated heterocycles. The molecule has 0 spiro atoms. The number of amides is 1. The molecular formula is C16H25NO2. The van der Waals surface area contributed by atoms with Crippen LogP contribution in [0.4, 0.5) is 0 Å². The summed E-state index contributed by atoms with van der Waals surface area (Å²) in [5.41, 5.74) is 2.28. The molecule has 3 heteroatoms. The van der Waals surface area contributed by atoms with E-state index in [1.54, 1.807) is 7.11 Å². The summed E-state index contributed by atoms with van der Waals surface area (Å²) in [6.45, 7) is 8.28. The molecule has 1 aromatic carbocycles. The molecule has 106 valence electrons. The van der Waals surface area contributed by atoms with Crippen molar-refractivity contribution in [3.05, 3.63) is 29.3 Å². The van der Waals surface area contributed by atoms with Crippen LogP contribution in [-0.4, -0.2) is 19.1 Å². The highest BCUT2D eigenvalue weighted by atomic mass is 16.5. The summed E-state index contributed by atoms with van der Waals surface area (Å²) in [5, 5.41) is 3.02. The molecule has 1 rings (SSSR count). The molecule has 0 saturated carbocycles. The fourth-order valence-electron chi connectivity index (χ4n) is 1.85. The summed E-state index contributed by atoms with van der Waals surface area (Å²) in [5.74, 6) is 1.48. The second-order valence-electron chi connectivity index (χ2n) is 5.40. The van der Waals surface area contributed by atoms with Crippen LogP contribution in [0.1, 0.15) is 38.3 Å². The van der Waals surface area contributed by atoms with Crippen LogP contribution in [0.3, 0.4) is 0 Å². The second-order valence-corrected chi connectivity index (χ2v) is 5.40. The maximum Gasteiger partial charge on any atom is 0.220 e. The molecule has 0 bridgehead atoms. The van der Waals surface area contributed by atoms with Gasteiger partial charge in [0, 0.05) is 12.5 Å². The standard InChI is InChI=1S/C16H25NO2/c1-11(2)13(4)17-16(18)9-7-14-6-8-15(19-5)12(3)10-14/h6,8,10-11,13H,7,9H2,1-5H3,(H,17,18)/t13-/m0/s1. The van der Waals surface area contributed by atoms with Gasteiger partial charge in [0.15, 0.2) is 0 Å². The zero-order chi connectivity index (χ0) is 14.4. The van der Waals surface area contributed by atoms with Crippen LogP contribution in [0.2, 0.25) is 0 Å². The van der Waals surface area contributed by atoms with E-state index in [9.17, 15) is 4.79 Å². The van der Waals surface area contributed by atoms with Crippen molar-refractivity contribution in [2.75, 3.05) is 7.11 Å². The van der Waals surface area contributed by atoms with Crippen molar-refractivity contribution in [1.82, 2.24) is 5.32 Å². The summed E-state index contributed by atoms with van der Waals surface area (Å²) >= 11 is 0. The molecule has 1 aromatic rings. The van der Waals surface area contributed by atoms with Gasteiger partial charge in [-0.1, -0.05) is 26.0 Å². The smallest absolute Gasteiger partial charge is 0.220 e. The summed E-state index contributed by atoms with van der Waals surface area (Å²) in [4.78, 5) is 11.8. The Morgan fingerprint density at radius 2 is 2.00 bits per heavy atom. The van der Waals surface area contributed by atoms with E-state index in [-0.39, 0.29) is 11.9 Å². The lowest BCUT2D eigenvalue weighted by molar-refractivity contribution is -0.121. The molecule has 0 aliphatic rings. The van der Waals surface area contributed by atoms with E-state index in [0.29, 0.717) is 12.3 Å². The highest BCUT2D eigenvalue weighted by molar-refractivity contribution is 5.76. The summed E-state index contributed by atoms with van der Waals surface area (Å²) in [6, 6.07) is 6.28. The number of hydrogen-bond donors (Lipinski definition) is 1. The fourth-order valence-corrected chi connectivity index (χ4v) is 1.85. The van der Waals surface area contributed by atoms with Crippen LogP contribution < -0.4 is 10.1 Å². The summed E-state index contributed by atoms with van der Waals surface area (Å²) < 4.78 is 5.23. The Morgan fingerprint density at radius 3 is 2.53 bits per heavy atom. The van der Waals surface area contributed by atoms with Crippen molar-refractivity contribution >= 4 is 5.91 Å². The predicted octanol–water partition coefficient (Wildman–Crippen LogP) is 3.10. The monoisotopic (exact) mass is 263 g/mol. The van der Waals surface area contributed by atoms with Crippen molar-refractivity contribution in [3.63, 3.8) is 0 Å².